The van der Waals surface area contributed by atoms with Gasteiger partial charge in [0.1, 0.15) is 5.54 Å². The van der Waals surface area contributed by atoms with E-state index >= 15 is 0 Å². The zero-order valence-electron chi connectivity index (χ0n) is 11.8. The molecule has 5 nitrogen and oxygen atoms in total. The van der Waals surface area contributed by atoms with E-state index in [-0.39, 0.29) is 5.97 Å². The van der Waals surface area contributed by atoms with E-state index in [4.69, 9.17) is 9.47 Å². The quantitative estimate of drug-likeness (QED) is 0.679. The van der Waals surface area contributed by atoms with Crippen LogP contribution in [0.4, 0.5) is 0 Å². The molecule has 0 saturated carbocycles. The van der Waals surface area contributed by atoms with E-state index in [1.807, 2.05) is 20.8 Å². The van der Waals surface area contributed by atoms with Crippen LogP contribution in [0.25, 0.3) is 0 Å². The average molecular weight is 258 g/mol. The van der Waals surface area contributed by atoms with Crippen LogP contribution < -0.4 is 5.32 Å². The van der Waals surface area contributed by atoms with Crippen molar-refractivity contribution in [2.45, 2.75) is 32.7 Å². The Balaban J connectivity index is 2.47. The lowest BCUT2D eigenvalue weighted by Crippen LogP contribution is -2.52. The molecule has 1 unspecified atom stereocenters. The third-order valence-corrected chi connectivity index (χ3v) is 3.32. The number of esters is 1. The molecule has 0 radical (unpaired) electrons. The molecule has 18 heavy (non-hydrogen) atoms. The Morgan fingerprint density at radius 3 is 2.61 bits per heavy atom. The first-order chi connectivity index (χ1) is 8.62. The molecule has 1 aliphatic heterocycles. The number of nitrogens with zero attached hydrogens (tertiary/aromatic N) is 1. The summed E-state index contributed by atoms with van der Waals surface area (Å²) in [5.74, 6) is -0.153. The van der Waals surface area contributed by atoms with Gasteiger partial charge in [0.2, 0.25) is 0 Å². The van der Waals surface area contributed by atoms with Crippen molar-refractivity contribution in [3.63, 3.8) is 0 Å². The van der Waals surface area contributed by atoms with Gasteiger partial charge >= 0.3 is 5.97 Å². The Bertz CT molecular complexity index is 255. The van der Waals surface area contributed by atoms with Crippen molar-refractivity contribution in [3.05, 3.63) is 0 Å². The average Bonchev–Trinajstić information content (AvgIpc) is 2.38. The number of carbonyl (C=O) groups excluding carboxylic acids is 1. The van der Waals surface area contributed by atoms with E-state index in [1.54, 1.807) is 0 Å². The van der Waals surface area contributed by atoms with Crippen LogP contribution in [0.2, 0.25) is 0 Å². The topological polar surface area (TPSA) is 50.8 Å². The summed E-state index contributed by atoms with van der Waals surface area (Å²) >= 11 is 0. The van der Waals surface area contributed by atoms with Crippen molar-refractivity contribution < 1.29 is 14.3 Å². The van der Waals surface area contributed by atoms with Gasteiger partial charge in [-0.2, -0.15) is 0 Å². The molecule has 1 heterocycles. The maximum Gasteiger partial charge on any atom is 0.326 e. The lowest BCUT2D eigenvalue weighted by atomic mass is 9.97. The lowest BCUT2D eigenvalue weighted by Gasteiger charge is -2.32. The minimum Gasteiger partial charge on any atom is -0.465 e. The Kier molecular flexibility index (Phi) is 6.60. The van der Waals surface area contributed by atoms with Gasteiger partial charge in [0.15, 0.2) is 0 Å². The summed E-state index contributed by atoms with van der Waals surface area (Å²) in [6, 6.07) is 0. The molecule has 0 aromatic heterocycles. The van der Waals surface area contributed by atoms with Gasteiger partial charge in [-0.15, -0.1) is 0 Å². The van der Waals surface area contributed by atoms with Gasteiger partial charge in [0, 0.05) is 19.6 Å². The highest BCUT2D eigenvalue weighted by Crippen LogP contribution is 2.14. The summed E-state index contributed by atoms with van der Waals surface area (Å²) in [7, 11) is 0. The number of carbonyl (C=O) groups is 1. The first kappa shape index (κ1) is 15.4. The van der Waals surface area contributed by atoms with Crippen LogP contribution in [-0.2, 0) is 14.3 Å². The van der Waals surface area contributed by atoms with Gasteiger partial charge in [-0.1, -0.05) is 6.92 Å². The normalized spacial score (nSPS) is 20.4. The summed E-state index contributed by atoms with van der Waals surface area (Å²) in [6.07, 6.45) is 0.764. The number of nitrogens with one attached hydrogen (secondary N) is 1. The van der Waals surface area contributed by atoms with E-state index in [0.29, 0.717) is 6.61 Å². The van der Waals surface area contributed by atoms with Gasteiger partial charge < -0.3 is 14.8 Å². The molecule has 1 fully saturated rings. The van der Waals surface area contributed by atoms with Crippen LogP contribution in [-0.4, -0.2) is 62.4 Å². The van der Waals surface area contributed by atoms with Crippen LogP contribution in [0.5, 0.6) is 0 Å². The molecule has 5 heteroatoms. The molecule has 0 aromatic carbocycles. The second kappa shape index (κ2) is 7.71. The largest absolute Gasteiger partial charge is 0.465 e. The highest BCUT2D eigenvalue weighted by Gasteiger charge is 2.34. The number of ether oxygens (including phenoxy) is 2. The maximum absolute atomic E-state index is 12.0. The smallest absolute Gasteiger partial charge is 0.326 e. The van der Waals surface area contributed by atoms with Crippen LogP contribution in [0.15, 0.2) is 0 Å². The first-order valence-electron chi connectivity index (χ1n) is 6.84. The molecule has 106 valence electrons. The van der Waals surface area contributed by atoms with Crippen LogP contribution in [0.1, 0.15) is 27.2 Å². The number of hydrogen-bond acceptors (Lipinski definition) is 5. The van der Waals surface area contributed by atoms with Crippen molar-refractivity contribution in [2.24, 2.45) is 0 Å². The van der Waals surface area contributed by atoms with E-state index in [9.17, 15) is 4.79 Å². The van der Waals surface area contributed by atoms with Crippen LogP contribution >= 0.6 is 0 Å². The van der Waals surface area contributed by atoms with E-state index < -0.39 is 5.54 Å². The fraction of sp³-hybridized carbons (Fsp3) is 0.923. The molecular formula is C13H26N2O3. The molecule has 0 aromatic rings. The summed E-state index contributed by atoms with van der Waals surface area (Å²) in [5.41, 5.74) is -0.580. The maximum atomic E-state index is 12.0. The molecule has 1 saturated heterocycles. The molecule has 1 atom stereocenters. The molecule has 0 amide bonds. The van der Waals surface area contributed by atoms with Crippen molar-refractivity contribution in [3.8, 4) is 0 Å². The Morgan fingerprint density at radius 2 is 2.06 bits per heavy atom. The number of rotatable bonds is 7. The van der Waals surface area contributed by atoms with Gasteiger partial charge in [-0.3, -0.25) is 9.69 Å². The van der Waals surface area contributed by atoms with Gasteiger partial charge in [0.05, 0.1) is 19.8 Å². The Labute approximate surface area is 110 Å². The fourth-order valence-corrected chi connectivity index (χ4v) is 2.15. The summed E-state index contributed by atoms with van der Waals surface area (Å²) < 4.78 is 10.5. The number of hydrogen-bond donors (Lipinski definition) is 1. The van der Waals surface area contributed by atoms with Gasteiger partial charge in [0.25, 0.3) is 0 Å². The second-order valence-electron chi connectivity index (χ2n) is 4.79. The molecular weight excluding hydrogens is 232 g/mol. The highest BCUT2D eigenvalue weighted by atomic mass is 16.5. The third kappa shape index (κ3) is 4.55. The predicted octanol–water partition coefficient (Wildman–Crippen LogP) is 0.640. The second-order valence-corrected chi connectivity index (χ2v) is 4.79. The summed E-state index contributed by atoms with van der Waals surface area (Å²) in [4.78, 5) is 14.3. The third-order valence-electron chi connectivity index (χ3n) is 3.32. The fourth-order valence-electron chi connectivity index (χ4n) is 2.15. The Morgan fingerprint density at radius 1 is 1.39 bits per heavy atom. The number of morpholine rings is 1. The van der Waals surface area contributed by atoms with Crippen LogP contribution in [0.3, 0.4) is 0 Å². The lowest BCUT2D eigenvalue weighted by molar-refractivity contribution is -0.151. The van der Waals surface area contributed by atoms with Gasteiger partial charge in [-0.25, -0.2) is 0 Å². The van der Waals surface area contributed by atoms with Gasteiger partial charge in [-0.05, 0) is 26.8 Å². The van der Waals surface area contributed by atoms with Crippen molar-refractivity contribution >= 4 is 5.97 Å². The van der Waals surface area contributed by atoms with Crippen molar-refractivity contribution in [1.82, 2.24) is 10.2 Å². The minimum absolute atomic E-state index is 0.153. The zero-order valence-corrected chi connectivity index (χ0v) is 11.8. The minimum atomic E-state index is -0.580. The summed E-state index contributed by atoms with van der Waals surface area (Å²) in [5, 5.41) is 3.25. The van der Waals surface area contributed by atoms with E-state index in [0.717, 1.165) is 45.8 Å². The zero-order chi connectivity index (χ0) is 13.4. The van der Waals surface area contributed by atoms with Crippen molar-refractivity contribution in [1.29, 1.82) is 0 Å². The summed E-state index contributed by atoms with van der Waals surface area (Å²) in [6.45, 7) is 11.3. The molecule has 1 rings (SSSR count). The van der Waals surface area contributed by atoms with Crippen LogP contribution in [0, 0.1) is 0 Å². The monoisotopic (exact) mass is 258 g/mol. The predicted molar refractivity (Wildman–Crippen MR) is 70.6 cm³/mol. The Hall–Kier alpha value is -0.650. The molecule has 0 aliphatic carbocycles. The molecule has 0 bridgehead atoms. The molecule has 1 aliphatic rings. The molecule has 1 N–H and O–H groups in total. The van der Waals surface area contributed by atoms with E-state index in [1.165, 1.54) is 0 Å². The highest BCUT2D eigenvalue weighted by molar-refractivity contribution is 5.80. The van der Waals surface area contributed by atoms with E-state index in [2.05, 4.69) is 10.2 Å². The first-order valence-corrected chi connectivity index (χ1v) is 6.84. The van der Waals surface area contributed by atoms with Crippen molar-refractivity contribution in [2.75, 3.05) is 46.0 Å². The number of likely N-dealkylation sites (N-methyl/N-ethyl adjacent to an activating group) is 1. The SMILES string of the molecule is CCNC(C)(CCN1CCOCC1)C(=O)OCC. The molecule has 0 spiro atoms. The standard InChI is InChI=1S/C13H26N2O3/c1-4-14-13(3,12(16)18-5-2)6-7-15-8-10-17-11-9-15/h14H,4-11H2,1-3H3.